The van der Waals surface area contributed by atoms with Crippen LogP contribution in [-0.2, 0) is 15.1 Å². The average molecular weight is 493 g/mol. The van der Waals surface area contributed by atoms with Gasteiger partial charge in [-0.05, 0) is 50.6 Å². The fraction of sp³-hybridized carbons (Fsp3) is 0.348. The quantitative estimate of drug-likeness (QED) is 0.456. The van der Waals surface area contributed by atoms with Crippen molar-refractivity contribution in [3.05, 3.63) is 58.1 Å². The SMILES string of the molecule is COC1(c2ccc3ncnc(Nc4ccc(Cl)c(Cl)c4F)c3c2)CN(C(=O)OC(C)(C)C)C1. The van der Waals surface area contributed by atoms with Crippen molar-refractivity contribution in [1.29, 1.82) is 0 Å². The van der Waals surface area contributed by atoms with E-state index in [1.807, 2.05) is 39.0 Å². The third kappa shape index (κ3) is 4.55. The molecule has 0 radical (unpaired) electrons. The molecule has 1 fully saturated rings. The second kappa shape index (κ2) is 8.59. The highest BCUT2D eigenvalue weighted by Crippen LogP contribution is 2.39. The maximum atomic E-state index is 14.6. The molecule has 0 saturated carbocycles. The fourth-order valence-corrected chi connectivity index (χ4v) is 3.96. The Kier molecular flexibility index (Phi) is 6.11. The maximum absolute atomic E-state index is 14.6. The number of hydrogen-bond acceptors (Lipinski definition) is 6. The first-order valence-electron chi connectivity index (χ1n) is 10.2. The molecule has 3 aromatic rings. The van der Waals surface area contributed by atoms with E-state index < -0.39 is 23.1 Å². The van der Waals surface area contributed by atoms with Crippen LogP contribution in [-0.4, -0.2) is 46.8 Å². The molecule has 7 nitrogen and oxygen atoms in total. The second-order valence-electron chi connectivity index (χ2n) is 8.84. The van der Waals surface area contributed by atoms with Crippen molar-refractivity contribution in [3.63, 3.8) is 0 Å². The van der Waals surface area contributed by atoms with Crippen LogP contribution in [0.15, 0.2) is 36.7 Å². The van der Waals surface area contributed by atoms with Crippen LogP contribution in [0.5, 0.6) is 0 Å². The summed E-state index contributed by atoms with van der Waals surface area (Å²) in [6.45, 7) is 6.14. The standard InChI is InChI=1S/C23H23Cl2FN4O3/c1-22(2,3)33-21(31)30-10-23(11-30,32-4)13-5-7-16-14(9-13)20(28-12-27-16)29-17-8-6-15(24)18(25)19(17)26/h5-9,12H,10-11H2,1-4H3,(H,27,28,29). The second-order valence-corrected chi connectivity index (χ2v) is 9.62. The van der Waals surface area contributed by atoms with Crippen LogP contribution in [0.3, 0.4) is 0 Å². The summed E-state index contributed by atoms with van der Waals surface area (Å²) < 4.78 is 25.8. The van der Waals surface area contributed by atoms with E-state index in [-0.39, 0.29) is 15.7 Å². The number of amides is 1. The zero-order valence-electron chi connectivity index (χ0n) is 18.6. The molecule has 0 aliphatic carbocycles. The van der Waals surface area contributed by atoms with Gasteiger partial charge in [-0.25, -0.2) is 19.2 Å². The number of methoxy groups -OCH3 is 1. The molecule has 2 heterocycles. The van der Waals surface area contributed by atoms with E-state index in [0.29, 0.717) is 29.8 Å². The molecule has 0 unspecified atom stereocenters. The van der Waals surface area contributed by atoms with E-state index in [1.165, 1.54) is 18.5 Å². The molecule has 10 heteroatoms. The minimum absolute atomic E-state index is 0.121. The largest absolute Gasteiger partial charge is 0.444 e. The maximum Gasteiger partial charge on any atom is 0.410 e. The summed E-state index contributed by atoms with van der Waals surface area (Å²) in [5, 5.41) is 3.58. The number of nitrogens with zero attached hydrogens (tertiary/aromatic N) is 3. The Morgan fingerprint density at radius 1 is 1.18 bits per heavy atom. The number of carbonyl (C=O) groups excluding carboxylic acids is 1. The molecular weight excluding hydrogens is 470 g/mol. The first kappa shape index (κ1) is 23.5. The molecule has 174 valence electrons. The van der Waals surface area contributed by atoms with Gasteiger partial charge in [0.1, 0.15) is 23.3 Å². The first-order valence-corrected chi connectivity index (χ1v) is 11.0. The van der Waals surface area contributed by atoms with Gasteiger partial charge in [0.2, 0.25) is 0 Å². The monoisotopic (exact) mass is 492 g/mol. The zero-order chi connectivity index (χ0) is 24.0. The van der Waals surface area contributed by atoms with Gasteiger partial charge in [0.05, 0.1) is 34.3 Å². The minimum atomic E-state index is -0.701. The molecule has 1 aromatic heterocycles. The van der Waals surface area contributed by atoms with Crippen LogP contribution >= 0.6 is 23.2 Å². The molecular formula is C23H23Cl2FN4O3. The van der Waals surface area contributed by atoms with Gasteiger partial charge in [0.25, 0.3) is 0 Å². The van der Waals surface area contributed by atoms with Crippen molar-refractivity contribution >= 4 is 51.7 Å². The Labute approximate surface area is 200 Å². The van der Waals surface area contributed by atoms with Gasteiger partial charge in [-0.15, -0.1) is 0 Å². The number of ether oxygens (including phenoxy) is 2. The van der Waals surface area contributed by atoms with Crippen LogP contribution in [0.1, 0.15) is 26.3 Å². The number of likely N-dealkylation sites (tertiary alicyclic amines) is 1. The Balaban J connectivity index is 1.64. The third-order valence-corrected chi connectivity index (χ3v) is 6.17. The molecule has 33 heavy (non-hydrogen) atoms. The van der Waals surface area contributed by atoms with Crippen LogP contribution in [0.4, 0.5) is 20.7 Å². The lowest BCUT2D eigenvalue weighted by Gasteiger charge is -2.49. The lowest BCUT2D eigenvalue weighted by molar-refractivity contribution is -0.127. The predicted molar refractivity (Wildman–Crippen MR) is 126 cm³/mol. The van der Waals surface area contributed by atoms with Gasteiger partial charge >= 0.3 is 6.09 Å². The van der Waals surface area contributed by atoms with Crippen LogP contribution < -0.4 is 5.32 Å². The summed E-state index contributed by atoms with van der Waals surface area (Å²) in [4.78, 5) is 22.6. The highest BCUT2D eigenvalue weighted by molar-refractivity contribution is 6.42. The molecule has 1 amide bonds. The van der Waals surface area contributed by atoms with Crippen molar-refractivity contribution in [3.8, 4) is 0 Å². The number of aromatic nitrogens is 2. The molecule has 1 aliphatic heterocycles. The third-order valence-electron chi connectivity index (χ3n) is 5.38. The van der Waals surface area contributed by atoms with Gasteiger partial charge in [0.15, 0.2) is 5.82 Å². The minimum Gasteiger partial charge on any atom is -0.444 e. The number of rotatable bonds is 4. The summed E-state index contributed by atoms with van der Waals surface area (Å²) in [6.07, 6.45) is 0.996. The number of fused-ring (bicyclic) bond motifs is 1. The van der Waals surface area contributed by atoms with E-state index >= 15 is 0 Å². The Morgan fingerprint density at radius 2 is 1.91 bits per heavy atom. The molecule has 4 rings (SSSR count). The van der Waals surface area contributed by atoms with Crippen molar-refractivity contribution in [2.45, 2.75) is 32.0 Å². The van der Waals surface area contributed by atoms with Gasteiger partial charge in [-0.3, -0.25) is 0 Å². The highest BCUT2D eigenvalue weighted by atomic mass is 35.5. The van der Waals surface area contributed by atoms with Crippen molar-refractivity contribution in [2.24, 2.45) is 0 Å². The number of hydrogen-bond donors (Lipinski definition) is 1. The van der Waals surface area contributed by atoms with Crippen molar-refractivity contribution in [2.75, 3.05) is 25.5 Å². The summed E-state index contributed by atoms with van der Waals surface area (Å²) in [6, 6.07) is 8.60. The molecule has 0 bridgehead atoms. The van der Waals surface area contributed by atoms with Crippen LogP contribution in [0.25, 0.3) is 10.9 Å². The average Bonchev–Trinajstić information content (AvgIpc) is 2.73. The summed E-state index contributed by atoms with van der Waals surface area (Å²) in [5.74, 6) is -0.277. The van der Waals surface area contributed by atoms with Crippen LogP contribution in [0, 0.1) is 5.82 Å². The summed E-state index contributed by atoms with van der Waals surface area (Å²) in [7, 11) is 1.60. The van der Waals surface area contributed by atoms with E-state index in [2.05, 4.69) is 15.3 Å². The molecule has 1 aliphatic rings. The lowest BCUT2D eigenvalue weighted by Crippen LogP contribution is -2.62. The predicted octanol–water partition coefficient (Wildman–Crippen LogP) is 5.91. The van der Waals surface area contributed by atoms with Crippen molar-refractivity contribution < 1.29 is 18.7 Å². The highest BCUT2D eigenvalue weighted by Gasteiger charge is 2.48. The van der Waals surface area contributed by atoms with E-state index in [0.717, 1.165) is 5.56 Å². The van der Waals surface area contributed by atoms with E-state index in [1.54, 1.807) is 12.0 Å². The number of benzene rings is 2. The topological polar surface area (TPSA) is 76.6 Å². The fourth-order valence-electron chi connectivity index (χ4n) is 3.65. The lowest BCUT2D eigenvalue weighted by atomic mass is 9.85. The van der Waals surface area contributed by atoms with E-state index in [9.17, 15) is 9.18 Å². The molecule has 0 spiro atoms. The Bertz CT molecular complexity index is 1230. The van der Waals surface area contributed by atoms with Gasteiger partial charge in [-0.1, -0.05) is 29.3 Å². The Morgan fingerprint density at radius 3 is 2.58 bits per heavy atom. The number of nitrogens with one attached hydrogen (secondary N) is 1. The number of anilines is 2. The number of carbonyl (C=O) groups is 1. The van der Waals surface area contributed by atoms with Gasteiger partial charge < -0.3 is 19.7 Å². The molecule has 1 N–H and O–H groups in total. The Hall–Kier alpha value is -2.68. The molecule has 2 aromatic carbocycles. The van der Waals surface area contributed by atoms with Gasteiger partial charge in [-0.2, -0.15) is 0 Å². The summed E-state index contributed by atoms with van der Waals surface area (Å²) >= 11 is 11.8. The zero-order valence-corrected chi connectivity index (χ0v) is 20.1. The summed E-state index contributed by atoms with van der Waals surface area (Å²) in [5.41, 5.74) is 0.350. The smallest absolute Gasteiger partial charge is 0.410 e. The van der Waals surface area contributed by atoms with Gasteiger partial charge in [0, 0.05) is 12.5 Å². The molecule has 0 atom stereocenters. The van der Waals surface area contributed by atoms with Crippen LogP contribution in [0.2, 0.25) is 10.0 Å². The number of halogens is 3. The molecule has 1 saturated heterocycles. The first-order chi connectivity index (χ1) is 15.5. The van der Waals surface area contributed by atoms with E-state index in [4.69, 9.17) is 32.7 Å². The van der Waals surface area contributed by atoms with Crippen molar-refractivity contribution in [1.82, 2.24) is 14.9 Å². The normalized spacial score (nSPS) is 15.3.